The topological polar surface area (TPSA) is 38.3 Å². The average Bonchev–Trinajstić information content (AvgIpc) is 2.25. The lowest BCUT2D eigenvalue weighted by atomic mass is 10.2. The van der Waals surface area contributed by atoms with E-state index in [0.717, 1.165) is 0 Å². The fourth-order valence-electron chi connectivity index (χ4n) is 1.13. The van der Waals surface area contributed by atoms with Gasteiger partial charge in [0.2, 0.25) is 0 Å². The Morgan fingerprint density at radius 3 is 2.88 bits per heavy atom. The number of hydrogen-bond acceptors (Lipinski definition) is 2. The van der Waals surface area contributed by atoms with Crippen LogP contribution in [0.15, 0.2) is 29.3 Å². The Kier molecular flexibility index (Phi) is 4.83. The van der Waals surface area contributed by atoms with Crippen LogP contribution in [0.5, 0.6) is 5.75 Å². The third-order valence-electron chi connectivity index (χ3n) is 1.85. The smallest absolute Gasteiger partial charge is 0.255 e. The molecule has 1 aromatic carbocycles. The molecule has 0 aromatic heterocycles. The number of amides is 1. The Morgan fingerprint density at radius 1 is 1.62 bits per heavy atom. The van der Waals surface area contributed by atoms with Gasteiger partial charge in [0.05, 0.1) is 12.7 Å². The zero-order valence-electron chi connectivity index (χ0n) is 8.72. The molecule has 1 rings (SSSR count). The molecule has 0 saturated heterocycles. The number of halogens is 2. The van der Waals surface area contributed by atoms with Crippen LogP contribution in [-0.2, 0) is 0 Å². The first kappa shape index (κ1) is 13.1. The summed E-state index contributed by atoms with van der Waals surface area (Å²) < 4.78 is 5.77. The molecule has 1 aromatic rings. The highest BCUT2D eigenvalue weighted by Gasteiger charge is 2.12. The summed E-state index contributed by atoms with van der Waals surface area (Å²) in [4.78, 5) is 11.8. The maximum Gasteiger partial charge on any atom is 0.255 e. The van der Waals surface area contributed by atoms with Crippen LogP contribution in [0.2, 0.25) is 5.02 Å². The number of carbonyl (C=O) groups is 1. The fourth-order valence-corrected chi connectivity index (χ4v) is 1.44. The molecule has 5 heteroatoms. The number of ether oxygens (including phenoxy) is 1. The number of nitrogens with one attached hydrogen (secondary N) is 1. The van der Waals surface area contributed by atoms with E-state index in [9.17, 15) is 4.79 Å². The highest BCUT2D eigenvalue weighted by molar-refractivity contribution is 9.11. The lowest BCUT2D eigenvalue weighted by molar-refractivity contribution is 0.0955. The van der Waals surface area contributed by atoms with E-state index in [2.05, 4.69) is 27.8 Å². The Balaban J connectivity index is 2.88. The molecule has 1 N–H and O–H groups in total. The van der Waals surface area contributed by atoms with Gasteiger partial charge in [0.1, 0.15) is 5.75 Å². The SMILES string of the molecule is C=C(Br)CNC(=O)c1cc(Cl)ccc1OC. The minimum atomic E-state index is -0.250. The molecule has 0 spiro atoms. The van der Waals surface area contributed by atoms with Crippen LogP contribution in [0.3, 0.4) is 0 Å². The van der Waals surface area contributed by atoms with Crippen LogP contribution in [0.4, 0.5) is 0 Å². The first-order chi connectivity index (χ1) is 7.54. The Labute approximate surface area is 108 Å². The molecule has 3 nitrogen and oxygen atoms in total. The lowest BCUT2D eigenvalue weighted by Gasteiger charge is -2.09. The number of benzene rings is 1. The monoisotopic (exact) mass is 303 g/mol. The van der Waals surface area contributed by atoms with E-state index in [0.29, 0.717) is 27.4 Å². The molecule has 0 heterocycles. The molecule has 0 aliphatic rings. The number of rotatable bonds is 4. The molecule has 0 saturated carbocycles. The Bertz CT molecular complexity index is 420. The molecular weight excluding hydrogens is 293 g/mol. The van der Waals surface area contributed by atoms with Gasteiger partial charge in [0.25, 0.3) is 5.91 Å². The van der Waals surface area contributed by atoms with Crippen molar-refractivity contribution in [2.24, 2.45) is 0 Å². The van der Waals surface area contributed by atoms with E-state index in [1.807, 2.05) is 0 Å². The van der Waals surface area contributed by atoms with E-state index in [1.54, 1.807) is 18.2 Å². The van der Waals surface area contributed by atoms with Crippen LogP contribution >= 0.6 is 27.5 Å². The van der Waals surface area contributed by atoms with E-state index in [-0.39, 0.29) is 5.91 Å². The summed E-state index contributed by atoms with van der Waals surface area (Å²) >= 11 is 8.98. The summed E-state index contributed by atoms with van der Waals surface area (Å²) in [5, 5.41) is 3.17. The number of methoxy groups -OCH3 is 1. The fraction of sp³-hybridized carbons (Fsp3) is 0.182. The Hall–Kier alpha value is -1.00. The highest BCUT2D eigenvalue weighted by atomic mass is 79.9. The van der Waals surface area contributed by atoms with Crippen LogP contribution in [0, 0.1) is 0 Å². The molecular formula is C11H11BrClNO2. The van der Waals surface area contributed by atoms with Gasteiger partial charge >= 0.3 is 0 Å². The zero-order valence-corrected chi connectivity index (χ0v) is 11.1. The minimum Gasteiger partial charge on any atom is -0.496 e. The minimum absolute atomic E-state index is 0.250. The van der Waals surface area contributed by atoms with Crippen molar-refractivity contribution in [1.29, 1.82) is 0 Å². The van der Waals surface area contributed by atoms with Crippen molar-refractivity contribution in [3.8, 4) is 5.75 Å². The second-order valence-electron chi connectivity index (χ2n) is 3.04. The van der Waals surface area contributed by atoms with E-state index >= 15 is 0 Å². The molecule has 0 radical (unpaired) electrons. The summed E-state index contributed by atoms with van der Waals surface area (Å²) in [5.74, 6) is 0.238. The highest BCUT2D eigenvalue weighted by Crippen LogP contribution is 2.22. The van der Waals surface area contributed by atoms with Gasteiger partial charge in [-0.05, 0) is 18.2 Å². The number of carbonyl (C=O) groups excluding carboxylic acids is 1. The van der Waals surface area contributed by atoms with Crippen LogP contribution in [0.25, 0.3) is 0 Å². The average molecular weight is 305 g/mol. The van der Waals surface area contributed by atoms with Crippen LogP contribution < -0.4 is 10.1 Å². The molecule has 0 bridgehead atoms. The van der Waals surface area contributed by atoms with Gasteiger partial charge in [-0.15, -0.1) is 0 Å². The van der Waals surface area contributed by atoms with Gasteiger partial charge < -0.3 is 10.1 Å². The third kappa shape index (κ3) is 3.54. The van der Waals surface area contributed by atoms with Crippen LogP contribution in [-0.4, -0.2) is 19.6 Å². The van der Waals surface area contributed by atoms with Crippen molar-refractivity contribution in [1.82, 2.24) is 5.32 Å². The maximum absolute atomic E-state index is 11.8. The normalized spacial score (nSPS) is 9.69. The molecule has 1 amide bonds. The summed E-state index contributed by atoms with van der Waals surface area (Å²) in [6.45, 7) is 3.98. The first-order valence-corrected chi connectivity index (χ1v) is 5.66. The summed E-state index contributed by atoms with van der Waals surface area (Å²) in [6, 6.07) is 4.88. The van der Waals surface area contributed by atoms with Crippen LogP contribution in [0.1, 0.15) is 10.4 Å². The summed E-state index contributed by atoms with van der Waals surface area (Å²) in [5.41, 5.74) is 0.406. The quantitative estimate of drug-likeness (QED) is 0.928. The standard InChI is InChI=1S/C11H11BrClNO2/c1-7(12)6-14-11(15)9-5-8(13)3-4-10(9)16-2/h3-5H,1,6H2,2H3,(H,14,15). The van der Waals surface area contributed by atoms with Crippen molar-refractivity contribution in [2.45, 2.75) is 0 Å². The molecule has 0 atom stereocenters. The van der Waals surface area contributed by atoms with Crippen molar-refractivity contribution >= 4 is 33.4 Å². The van der Waals surface area contributed by atoms with E-state index < -0.39 is 0 Å². The lowest BCUT2D eigenvalue weighted by Crippen LogP contribution is -2.24. The second kappa shape index (κ2) is 5.92. The van der Waals surface area contributed by atoms with Crippen molar-refractivity contribution in [2.75, 3.05) is 13.7 Å². The van der Waals surface area contributed by atoms with Gasteiger partial charge in [0, 0.05) is 16.0 Å². The van der Waals surface area contributed by atoms with E-state index in [4.69, 9.17) is 16.3 Å². The molecule has 0 fully saturated rings. The second-order valence-corrected chi connectivity index (χ2v) is 4.60. The summed E-state index contributed by atoms with van der Waals surface area (Å²) in [6.07, 6.45) is 0. The predicted octanol–water partition coefficient (Wildman–Crippen LogP) is 2.99. The Morgan fingerprint density at radius 2 is 2.31 bits per heavy atom. The predicted molar refractivity (Wildman–Crippen MR) is 68.4 cm³/mol. The zero-order chi connectivity index (χ0) is 12.1. The largest absolute Gasteiger partial charge is 0.496 e. The first-order valence-electron chi connectivity index (χ1n) is 4.49. The van der Waals surface area contributed by atoms with E-state index in [1.165, 1.54) is 7.11 Å². The molecule has 0 aliphatic heterocycles. The maximum atomic E-state index is 11.8. The van der Waals surface area contributed by atoms with Crippen molar-refractivity contribution in [3.05, 3.63) is 39.8 Å². The van der Waals surface area contributed by atoms with Crippen molar-refractivity contribution in [3.63, 3.8) is 0 Å². The molecule has 0 unspecified atom stereocenters. The molecule has 0 aliphatic carbocycles. The third-order valence-corrected chi connectivity index (χ3v) is 2.36. The van der Waals surface area contributed by atoms with Gasteiger partial charge in [-0.1, -0.05) is 34.1 Å². The van der Waals surface area contributed by atoms with Gasteiger partial charge in [-0.3, -0.25) is 4.79 Å². The van der Waals surface area contributed by atoms with Gasteiger partial charge in [0.15, 0.2) is 0 Å². The van der Waals surface area contributed by atoms with Gasteiger partial charge in [-0.25, -0.2) is 0 Å². The van der Waals surface area contributed by atoms with Gasteiger partial charge in [-0.2, -0.15) is 0 Å². The molecule has 86 valence electrons. The summed E-state index contributed by atoms with van der Waals surface area (Å²) in [7, 11) is 1.50. The molecule has 16 heavy (non-hydrogen) atoms. The van der Waals surface area contributed by atoms with Crippen molar-refractivity contribution < 1.29 is 9.53 Å². The number of hydrogen-bond donors (Lipinski definition) is 1.